The Balaban J connectivity index is 1.48. The minimum absolute atomic E-state index is 0.0394. The fourth-order valence-corrected chi connectivity index (χ4v) is 4.75. The second kappa shape index (κ2) is 6.01. The molecule has 4 heterocycles. The van der Waals surface area contributed by atoms with Crippen molar-refractivity contribution in [1.82, 2.24) is 4.90 Å². The van der Waals surface area contributed by atoms with Crippen molar-refractivity contribution >= 4 is 0 Å². The van der Waals surface area contributed by atoms with Crippen molar-refractivity contribution in [3.05, 3.63) is 46.5 Å². The van der Waals surface area contributed by atoms with E-state index in [9.17, 15) is 0 Å². The quantitative estimate of drug-likeness (QED) is 0.790. The number of methoxy groups -OCH3 is 1. The summed E-state index contributed by atoms with van der Waals surface area (Å²) in [5.74, 6) is 3.10. The largest absolute Gasteiger partial charge is 0.454 e. The van der Waals surface area contributed by atoms with Gasteiger partial charge in [-0.3, -0.25) is 4.90 Å². The molecular weight excluding hydrogens is 362 g/mol. The lowest BCUT2D eigenvalue weighted by Gasteiger charge is -2.38. The predicted molar refractivity (Wildman–Crippen MR) is 97.8 cm³/mol. The summed E-state index contributed by atoms with van der Waals surface area (Å²) in [4.78, 5) is 2.33. The van der Waals surface area contributed by atoms with Crippen molar-refractivity contribution in [3.8, 4) is 23.0 Å². The summed E-state index contributed by atoms with van der Waals surface area (Å²) in [5, 5.41) is 0. The van der Waals surface area contributed by atoms with Crippen molar-refractivity contribution < 1.29 is 28.4 Å². The molecular formula is C21H21NO6. The summed E-state index contributed by atoms with van der Waals surface area (Å²) in [5.41, 5.74) is 4.50. The smallest absolute Gasteiger partial charge is 0.231 e. The minimum atomic E-state index is -0.482. The Morgan fingerprint density at radius 2 is 1.75 bits per heavy atom. The van der Waals surface area contributed by atoms with Crippen LogP contribution in [0.4, 0.5) is 0 Å². The molecule has 6 rings (SSSR count). The van der Waals surface area contributed by atoms with Gasteiger partial charge in [0.2, 0.25) is 13.6 Å². The van der Waals surface area contributed by atoms with Gasteiger partial charge in [0.05, 0.1) is 11.6 Å². The maximum Gasteiger partial charge on any atom is 0.231 e. The van der Waals surface area contributed by atoms with E-state index in [1.54, 1.807) is 7.11 Å². The van der Waals surface area contributed by atoms with E-state index in [2.05, 4.69) is 30.1 Å². The Kier molecular flexibility index (Phi) is 3.53. The second-order valence-electron chi connectivity index (χ2n) is 7.51. The third-order valence-electron chi connectivity index (χ3n) is 6.09. The van der Waals surface area contributed by atoms with Gasteiger partial charge >= 0.3 is 0 Å². The molecule has 28 heavy (non-hydrogen) atoms. The first-order chi connectivity index (χ1) is 13.7. The predicted octanol–water partition coefficient (Wildman–Crippen LogP) is 3.09. The van der Waals surface area contributed by atoms with E-state index in [1.807, 2.05) is 6.07 Å². The van der Waals surface area contributed by atoms with Crippen LogP contribution in [0, 0.1) is 0 Å². The average Bonchev–Trinajstić information content (AvgIpc) is 3.43. The van der Waals surface area contributed by atoms with Crippen LogP contribution >= 0.6 is 0 Å². The van der Waals surface area contributed by atoms with Crippen LogP contribution in [0.2, 0.25) is 0 Å². The highest BCUT2D eigenvalue weighted by molar-refractivity contribution is 5.56. The van der Waals surface area contributed by atoms with Crippen molar-refractivity contribution in [2.75, 3.05) is 34.3 Å². The van der Waals surface area contributed by atoms with Crippen LogP contribution < -0.4 is 18.9 Å². The normalized spacial score (nSPS) is 27.0. The Hall–Kier alpha value is -2.48. The van der Waals surface area contributed by atoms with E-state index in [0.29, 0.717) is 0 Å². The van der Waals surface area contributed by atoms with Gasteiger partial charge in [0.25, 0.3) is 0 Å². The molecule has 3 atom stereocenters. The maximum absolute atomic E-state index is 6.42. The van der Waals surface area contributed by atoms with Crippen LogP contribution in [0.1, 0.15) is 40.7 Å². The summed E-state index contributed by atoms with van der Waals surface area (Å²) < 4.78 is 34.6. The zero-order valence-corrected chi connectivity index (χ0v) is 15.8. The van der Waals surface area contributed by atoms with Gasteiger partial charge in [0.1, 0.15) is 6.10 Å². The lowest BCUT2D eigenvalue weighted by Crippen LogP contribution is -2.35. The number of nitrogens with zero attached hydrogens (tertiary/aromatic N) is 1. The fraction of sp³-hybridized carbons (Fsp3) is 0.429. The molecule has 146 valence electrons. The summed E-state index contributed by atoms with van der Waals surface area (Å²) in [7, 11) is 3.79. The van der Waals surface area contributed by atoms with Gasteiger partial charge in [-0.15, -0.1) is 0 Å². The van der Waals surface area contributed by atoms with Gasteiger partial charge in [-0.25, -0.2) is 0 Å². The zero-order chi connectivity index (χ0) is 18.8. The molecule has 0 bridgehead atoms. The SMILES string of the molecule is COC1O[C@@H]([C@@H]2c3cc4c(cc3CCN2C)OCO4)c2ccc3c(c21)OCO3. The van der Waals surface area contributed by atoms with Crippen molar-refractivity contribution in [2.45, 2.75) is 24.9 Å². The topological polar surface area (TPSA) is 58.6 Å². The van der Waals surface area contributed by atoms with E-state index in [0.717, 1.165) is 47.1 Å². The molecule has 0 fully saturated rings. The molecule has 1 unspecified atom stereocenters. The molecule has 0 saturated carbocycles. The standard InChI is InChI=1S/C21H21NO6/c1-22-6-5-11-7-15-16(26-9-25-15)8-13(11)18(22)19-12-3-4-14-20(27-10-24-14)17(12)21(23-2)28-19/h3-4,7-8,18-19,21H,5-6,9-10H2,1-2H3/t18-,19+,21?/m0/s1. The molecule has 0 aliphatic carbocycles. The number of hydrogen-bond donors (Lipinski definition) is 0. The molecule has 0 saturated heterocycles. The highest BCUT2D eigenvalue weighted by Crippen LogP contribution is 2.55. The summed E-state index contributed by atoms with van der Waals surface area (Å²) in [6.07, 6.45) is 0.302. The Labute approximate surface area is 162 Å². The summed E-state index contributed by atoms with van der Waals surface area (Å²) >= 11 is 0. The molecule has 0 amide bonds. The molecule has 7 heteroatoms. The third kappa shape index (κ3) is 2.21. The first kappa shape index (κ1) is 16.5. The molecule has 4 aliphatic heterocycles. The molecule has 7 nitrogen and oxygen atoms in total. The number of benzene rings is 2. The third-order valence-corrected chi connectivity index (χ3v) is 6.09. The van der Waals surface area contributed by atoms with Gasteiger partial charge in [-0.05, 0) is 48.4 Å². The first-order valence-corrected chi connectivity index (χ1v) is 9.48. The molecule has 2 aromatic carbocycles. The fourth-order valence-electron chi connectivity index (χ4n) is 4.75. The maximum atomic E-state index is 6.42. The van der Waals surface area contributed by atoms with Crippen LogP contribution in [-0.2, 0) is 15.9 Å². The number of hydrogen-bond acceptors (Lipinski definition) is 7. The van der Waals surface area contributed by atoms with Crippen molar-refractivity contribution in [1.29, 1.82) is 0 Å². The Morgan fingerprint density at radius 1 is 0.964 bits per heavy atom. The van der Waals surface area contributed by atoms with Crippen LogP contribution in [0.25, 0.3) is 0 Å². The Morgan fingerprint density at radius 3 is 2.61 bits per heavy atom. The number of rotatable bonds is 2. The van der Waals surface area contributed by atoms with E-state index in [1.165, 1.54) is 11.1 Å². The van der Waals surface area contributed by atoms with Gasteiger partial charge in [-0.2, -0.15) is 0 Å². The Bertz CT molecular complexity index is 960. The lowest BCUT2D eigenvalue weighted by molar-refractivity contribution is -0.160. The van der Waals surface area contributed by atoms with E-state index >= 15 is 0 Å². The lowest BCUT2D eigenvalue weighted by atomic mass is 9.86. The van der Waals surface area contributed by atoms with E-state index in [-0.39, 0.29) is 25.7 Å². The highest BCUT2D eigenvalue weighted by atomic mass is 16.7. The zero-order valence-electron chi connectivity index (χ0n) is 15.8. The molecule has 0 aromatic heterocycles. The van der Waals surface area contributed by atoms with Crippen molar-refractivity contribution in [3.63, 3.8) is 0 Å². The molecule has 2 aromatic rings. The van der Waals surface area contributed by atoms with Gasteiger partial charge in [0.15, 0.2) is 29.3 Å². The number of ether oxygens (including phenoxy) is 6. The highest BCUT2D eigenvalue weighted by Gasteiger charge is 2.45. The number of likely N-dealkylation sites (N-methyl/N-ethyl adjacent to an activating group) is 1. The second-order valence-corrected chi connectivity index (χ2v) is 7.51. The van der Waals surface area contributed by atoms with Crippen LogP contribution in [0.3, 0.4) is 0 Å². The number of fused-ring (bicyclic) bond motifs is 5. The van der Waals surface area contributed by atoms with Gasteiger partial charge in [-0.1, -0.05) is 6.07 Å². The molecule has 4 aliphatic rings. The first-order valence-electron chi connectivity index (χ1n) is 9.48. The van der Waals surface area contributed by atoms with Gasteiger partial charge < -0.3 is 28.4 Å². The van der Waals surface area contributed by atoms with Crippen LogP contribution in [-0.4, -0.2) is 39.2 Å². The summed E-state index contributed by atoms with van der Waals surface area (Å²) in [6.45, 7) is 1.44. The van der Waals surface area contributed by atoms with E-state index < -0.39 is 6.29 Å². The molecule has 0 radical (unpaired) electrons. The summed E-state index contributed by atoms with van der Waals surface area (Å²) in [6, 6.07) is 8.29. The van der Waals surface area contributed by atoms with Crippen molar-refractivity contribution in [2.24, 2.45) is 0 Å². The monoisotopic (exact) mass is 383 g/mol. The van der Waals surface area contributed by atoms with E-state index in [4.69, 9.17) is 28.4 Å². The van der Waals surface area contributed by atoms with Crippen LogP contribution in [0.5, 0.6) is 23.0 Å². The molecule has 0 spiro atoms. The van der Waals surface area contributed by atoms with Gasteiger partial charge in [0, 0.05) is 13.7 Å². The average molecular weight is 383 g/mol. The molecule has 0 N–H and O–H groups in total. The van der Waals surface area contributed by atoms with Crippen LogP contribution in [0.15, 0.2) is 24.3 Å². The minimum Gasteiger partial charge on any atom is -0.454 e.